The van der Waals surface area contributed by atoms with Crippen LogP contribution in [0.3, 0.4) is 0 Å². The summed E-state index contributed by atoms with van der Waals surface area (Å²) in [6.45, 7) is 7.81. The Morgan fingerprint density at radius 2 is 1.92 bits per heavy atom. The summed E-state index contributed by atoms with van der Waals surface area (Å²) in [6.07, 6.45) is 7.56. The van der Waals surface area contributed by atoms with Crippen LogP contribution in [0.15, 0.2) is 12.4 Å². The van der Waals surface area contributed by atoms with Crippen LogP contribution in [0.5, 0.6) is 0 Å². The molecular weight excluding hydrogens is 328 g/mol. The highest BCUT2D eigenvalue weighted by Gasteiger charge is 2.41. The van der Waals surface area contributed by atoms with Crippen LogP contribution >= 0.6 is 0 Å². The van der Waals surface area contributed by atoms with Crippen molar-refractivity contribution in [2.24, 2.45) is 0 Å². The van der Waals surface area contributed by atoms with Crippen molar-refractivity contribution in [1.29, 1.82) is 0 Å². The Balaban J connectivity index is 1.63. The van der Waals surface area contributed by atoms with Gasteiger partial charge < -0.3 is 10.2 Å². The fourth-order valence-corrected chi connectivity index (χ4v) is 4.00. The number of hydrogen-bond acceptors (Lipinski definition) is 6. The summed E-state index contributed by atoms with van der Waals surface area (Å²) in [5.41, 5.74) is 1.25. The summed E-state index contributed by atoms with van der Waals surface area (Å²) in [7, 11) is 4.14. The molecule has 26 heavy (non-hydrogen) atoms. The van der Waals surface area contributed by atoms with E-state index in [1.54, 1.807) is 0 Å². The number of nitrogens with zero attached hydrogens (tertiary/aromatic N) is 5. The maximum absolute atomic E-state index is 12.1. The molecule has 2 aliphatic heterocycles. The first-order valence-electron chi connectivity index (χ1n) is 9.75. The van der Waals surface area contributed by atoms with Gasteiger partial charge in [0, 0.05) is 76.2 Å². The molecule has 0 radical (unpaired) electrons. The minimum atomic E-state index is 0.0994. The lowest BCUT2D eigenvalue weighted by atomic mass is 9.86. The van der Waals surface area contributed by atoms with E-state index in [1.165, 1.54) is 0 Å². The first-order valence-corrected chi connectivity index (χ1v) is 9.75. The molecule has 2 saturated heterocycles. The molecule has 144 valence electrons. The van der Waals surface area contributed by atoms with Gasteiger partial charge in [-0.2, -0.15) is 0 Å². The van der Waals surface area contributed by atoms with E-state index in [9.17, 15) is 4.79 Å². The quantitative estimate of drug-likeness (QED) is 0.857. The summed E-state index contributed by atoms with van der Waals surface area (Å²) < 4.78 is 0. The number of likely N-dealkylation sites (N-methyl/N-ethyl adjacent to an activating group) is 1. The molecule has 1 atom stereocenters. The molecule has 1 aromatic heterocycles. The zero-order valence-corrected chi connectivity index (χ0v) is 16.4. The van der Waals surface area contributed by atoms with Gasteiger partial charge in [0.1, 0.15) is 0 Å². The molecule has 3 heterocycles. The summed E-state index contributed by atoms with van der Waals surface area (Å²) in [6, 6.07) is 0. The van der Waals surface area contributed by atoms with Crippen molar-refractivity contribution in [3.05, 3.63) is 18.0 Å². The Morgan fingerprint density at radius 1 is 1.15 bits per heavy atom. The van der Waals surface area contributed by atoms with Crippen molar-refractivity contribution in [1.82, 2.24) is 24.7 Å². The number of carbonyl (C=O) groups excluding carboxylic acids is 1. The molecule has 0 aliphatic carbocycles. The Morgan fingerprint density at radius 3 is 2.65 bits per heavy atom. The second-order valence-electron chi connectivity index (χ2n) is 7.76. The van der Waals surface area contributed by atoms with Gasteiger partial charge in [-0.1, -0.05) is 6.92 Å². The van der Waals surface area contributed by atoms with Gasteiger partial charge in [0.15, 0.2) is 0 Å². The highest BCUT2D eigenvalue weighted by atomic mass is 16.2. The number of anilines is 1. The average molecular weight is 361 g/mol. The Labute approximate surface area is 156 Å². The SMILES string of the molecule is CCCNc1ncc(CN2CCN(C)C3(CCC(=O)N(C)CC3)C2)cn1. The lowest BCUT2D eigenvalue weighted by molar-refractivity contribution is -0.129. The molecule has 7 nitrogen and oxygen atoms in total. The van der Waals surface area contributed by atoms with Gasteiger partial charge in [0.25, 0.3) is 0 Å². The molecule has 0 bridgehead atoms. The second kappa shape index (κ2) is 8.31. The topological polar surface area (TPSA) is 64.6 Å². The minimum Gasteiger partial charge on any atom is -0.354 e. The molecule has 0 aromatic carbocycles. The van der Waals surface area contributed by atoms with Gasteiger partial charge in [-0.3, -0.25) is 14.6 Å². The van der Waals surface area contributed by atoms with Crippen molar-refractivity contribution in [2.75, 3.05) is 52.1 Å². The third-order valence-electron chi connectivity index (χ3n) is 5.87. The zero-order valence-electron chi connectivity index (χ0n) is 16.4. The smallest absolute Gasteiger partial charge is 0.222 e. The first-order chi connectivity index (χ1) is 12.5. The Bertz CT molecular complexity index is 607. The van der Waals surface area contributed by atoms with Crippen LogP contribution in [0.2, 0.25) is 0 Å². The minimum absolute atomic E-state index is 0.0994. The Hall–Kier alpha value is -1.73. The van der Waals surface area contributed by atoms with E-state index < -0.39 is 0 Å². The molecule has 2 aliphatic rings. The van der Waals surface area contributed by atoms with E-state index in [4.69, 9.17) is 0 Å². The number of rotatable bonds is 5. The molecule has 1 unspecified atom stereocenters. The van der Waals surface area contributed by atoms with Crippen molar-refractivity contribution >= 4 is 11.9 Å². The van der Waals surface area contributed by atoms with Crippen LogP contribution in [0.1, 0.15) is 38.2 Å². The second-order valence-corrected chi connectivity index (χ2v) is 7.76. The van der Waals surface area contributed by atoms with Gasteiger partial charge in [0.2, 0.25) is 11.9 Å². The number of piperazine rings is 1. The van der Waals surface area contributed by atoms with Crippen LogP contribution in [0, 0.1) is 0 Å². The number of carbonyl (C=O) groups is 1. The van der Waals surface area contributed by atoms with Crippen LogP contribution in [-0.2, 0) is 11.3 Å². The predicted octanol–water partition coefficient (Wildman–Crippen LogP) is 1.43. The predicted molar refractivity (Wildman–Crippen MR) is 103 cm³/mol. The number of likely N-dealkylation sites (tertiary alicyclic amines) is 1. The molecule has 2 fully saturated rings. The molecule has 7 heteroatoms. The number of nitrogens with one attached hydrogen (secondary N) is 1. The summed E-state index contributed by atoms with van der Waals surface area (Å²) >= 11 is 0. The molecule has 1 spiro atoms. The monoisotopic (exact) mass is 360 g/mol. The van der Waals surface area contributed by atoms with E-state index in [0.29, 0.717) is 12.4 Å². The molecule has 3 rings (SSSR count). The molecule has 1 N–H and O–H groups in total. The maximum atomic E-state index is 12.1. The van der Waals surface area contributed by atoms with Gasteiger partial charge in [-0.05, 0) is 26.3 Å². The van der Waals surface area contributed by atoms with E-state index in [0.717, 1.165) is 64.1 Å². The standard InChI is InChI=1S/C19H32N6O/c1-4-8-20-18-21-12-16(13-22-18)14-25-11-10-24(3)19(15-25)6-5-17(26)23(2)9-7-19/h12-13H,4-11,14-15H2,1-3H3,(H,20,21,22). The van der Waals surface area contributed by atoms with Crippen LogP contribution in [-0.4, -0.2) is 82.9 Å². The molecule has 0 saturated carbocycles. The van der Waals surface area contributed by atoms with Crippen molar-refractivity contribution in [2.45, 2.75) is 44.7 Å². The number of amides is 1. The third-order valence-corrected chi connectivity index (χ3v) is 5.87. The summed E-state index contributed by atoms with van der Waals surface area (Å²) in [4.78, 5) is 27.8. The summed E-state index contributed by atoms with van der Waals surface area (Å²) in [5.74, 6) is 0.978. The fourth-order valence-electron chi connectivity index (χ4n) is 4.00. The Kier molecular flexibility index (Phi) is 6.09. The largest absolute Gasteiger partial charge is 0.354 e. The van der Waals surface area contributed by atoms with Crippen molar-refractivity contribution < 1.29 is 4.79 Å². The fraction of sp³-hybridized carbons (Fsp3) is 0.737. The lowest BCUT2D eigenvalue weighted by Crippen LogP contribution is -2.60. The number of hydrogen-bond donors (Lipinski definition) is 1. The summed E-state index contributed by atoms with van der Waals surface area (Å²) in [5, 5.41) is 3.21. The van der Waals surface area contributed by atoms with E-state index in [-0.39, 0.29) is 11.4 Å². The van der Waals surface area contributed by atoms with Crippen molar-refractivity contribution in [3.63, 3.8) is 0 Å². The maximum Gasteiger partial charge on any atom is 0.222 e. The molecule has 1 amide bonds. The van der Waals surface area contributed by atoms with E-state index in [2.05, 4.69) is 39.1 Å². The lowest BCUT2D eigenvalue weighted by Gasteiger charge is -2.49. The first kappa shape index (κ1) is 19.0. The molecular formula is C19H32N6O. The third kappa shape index (κ3) is 4.32. The highest BCUT2D eigenvalue weighted by Crippen LogP contribution is 2.32. The van der Waals surface area contributed by atoms with Crippen molar-refractivity contribution in [3.8, 4) is 0 Å². The average Bonchev–Trinajstić information content (AvgIpc) is 2.79. The van der Waals surface area contributed by atoms with E-state index in [1.807, 2.05) is 24.3 Å². The van der Waals surface area contributed by atoms with Crippen LogP contribution < -0.4 is 5.32 Å². The number of aromatic nitrogens is 2. The van der Waals surface area contributed by atoms with Gasteiger partial charge >= 0.3 is 0 Å². The molecule has 1 aromatic rings. The van der Waals surface area contributed by atoms with Gasteiger partial charge in [-0.25, -0.2) is 9.97 Å². The van der Waals surface area contributed by atoms with Gasteiger partial charge in [0.05, 0.1) is 0 Å². The van der Waals surface area contributed by atoms with E-state index >= 15 is 0 Å². The normalized spacial score (nSPS) is 25.5. The highest BCUT2D eigenvalue weighted by molar-refractivity contribution is 5.76. The zero-order chi connectivity index (χ0) is 18.6. The van der Waals surface area contributed by atoms with Crippen LogP contribution in [0.4, 0.5) is 5.95 Å². The van der Waals surface area contributed by atoms with Gasteiger partial charge in [-0.15, -0.1) is 0 Å². The van der Waals surface area contributed by atoms with Crippen LogP contribution in [0.25, 0.3) is 0 Å².